The predicted molar refractivity (Wildman–Crippen MR) is 54.2 cm³/mol. The van der Waals surface area contributed by atoms with Crippen molar-refractivity contribution in [2.45, 2.75) is 0 Å². The van der Waals surface area contributed by atoms with Gasteiger partial charge in [0.1, 0.15) is 10.7 Å². The molecule has 0 aliphatic rings. The van der Waals surface area contributed by atoms with E-state index in [1.54, 1.807) is 24.3 Å². The van der Waals surface area contributed by atoms with Crippen molar-refractivity contribution in [3.63, 3.8) is 0 Å². The lowest BCUT2D eigenvalue weighted by Gasteiger charge is -1.89. The second-order valence-electron chi connectivity index (χ2n) is 3.06. The molecule has 0 bridgehead atoms. The maximum Gasteiger partial charge on any atom is 0.417 e. The Kier molecular flexibility index (Phi) is 2.18. The normalized spacial score (nSPS) is 9.75. The molecule has 78 valence electrons. The van der Waals surface area contributed by atoms with Crippen molar-refractivity contribution in [1.29, 1.82) is 0 Å². The van der Waals surface area contributed by atoms with Crippen LogP contribution in [0.1, 0.15) is 0 Å². The number of fused-ring (bicyclic) bond motifs is 1. The third-order valence-corrected chi connectivity index (χ3v) is 2.27. The van der Waals surface area contributed by atoms with E-state index < -0.39 is 6.09 Å². The molecule has 0 atom stereocenters. The maximum atomic E-state index is 10.9. The average Bonchev–Trinajstić information content (AvgIpc) is 2.62. The minimum absolute atomic E-state index is 0.179. The molecule has 0 saturated heterocycles. The van der Waals surface area contributed by atoms with Crippen LogP contribution in [0.2, 0.25) is 0 Å². The molecule has 1 N–H and O–H groups in total. The molecule has 2 aromatic rings. The summed E-state index contributed by atoms with van der Waals surface area (Å²) in [6.45, 7) is 0. The molecule has 0 radical (unpaired) electrons. The standard InChI is InChI=1S/C11H5NO4/c13-5-9-7-3-1-2-4-8(7)10(6-14)12(9)11(15)16/h1-4H,(H,15,16). The molecule has 1 aromatic carbocycles. The van der Waals surface area contributed by atoms with Crippen molar-refractivity contribution in [3.8, 4) is 0 Å². The Labute approximate surface area is 88.5 Å². The minimum atomic E-state index is -1.41. The Bertz CT molecular complexity index is 689. The van der Waals surface area contributed by atoms with E-state index in [1.165, 1.54) is 11.9 Å². The van der Waals surface area contributed by atoms with Gasteiger partial charge in [-0.15, -0.1) is 0 Å². The molecular formula is C11H5NO4. The summed E-state index contributed by atoms with van der Waals surface area (Å²) in [5.74, 6) is 3.06. The topological polar surface area (TPSA) is 76.4 Å². The fourth-order valence-corrected chi connectivity index (χ4v) is 1.64. The zero-order chi connectivity index (χ0) is 11.7. The maximum absolute atomic E-state index is 10.9. The summed E-state index contributed by atoms with van der Waals surface area (Å²) in [6.07, 6.45) is -1.41. The van der Waals surface area contributed by atoms with Crippen LogP contribution in [0.4, 0.5) is 4.79 Å². The Morgan fingerprint density at radius 2 is 1.50 bits per heavy atom. The van der Waals surface area contributed by atoms with Crippen molar-refractivity contribution >= 4 is 28.7 Å². The number of benzene rings is 1. The van der Waals surface area contributed by atoms with Crippen LogP contribution in [-0.2, 0) is 9.59 Å². The van der Waals surface area contributed by atoms with E-state index in [-0.39, 0.29) is 10.7 Å². The highest BCUT2D eigenvalue weighted by molar-refractivity contribution is 5.92. The third-order valence-electron chi connectivity index (χ3n) is 2.27. The van der Waals surface area contributed by atoms with Gasteiger partial charge in [-0.3, -0.25) is 0 Å². The minimum Gasteiger partial charge on any atom is -0.464 e. The van der Waals surface area contributed by atoms with E-state index in [2.05, 4.69) is 0 Å². The van der Waals surface area contributed by atoms with E-state index >= 15 is 0 Å². The van der Waals surface area contributed by atoms with Crippen molar-refractivity contribution in [2.24, 2.45) is 0 Å². The fraction of sp³-hybridized carbons (Fsp3) is 0. The second-order valence-corrected chi connectivity index (χ2v) is 3.06. The molecule has 0 aliphatic carbocycles. The second kappa shape index (κ2) is 3.51. The van der Waals surface area contributed by atoms with Gasteiger partial charge in [-0.25, -0.2) is 19.0 Å². The monoisotopic (exact) mass is 215 g/mol. The van der Waals surface area contributed by atoms with Crippen LogP contribution in [0.15, 0.2) is 24.3 Å². The summed E-state index contributed by atoms with van der Waals surface area (Å²) in [5, 5.41) is 9.30. The van der Waals surface area contributed by atoms with E-state index in [1.807, 2.05) is 0 Å². The van der Waals surface area contributed by atoms with Crippen molar-refractivity contribution < 1.29 is 19.5 Å². The Morgan fingerprint density at radius 3 is 1.81 bits per heavy atom. The highest BCUT2D eigenvalue weighted by atomic mass is 16.4. The fourth-order valence-electron chi connectivity index (χ4n) is 1.64. The lowest BCUT2D eigenvalue weighted by Crippen LogP contribution is -2.33. The smallest absolute Gasteiger partial charge is 0.417 e. The van der Waals surface area contributed by atoms with Gasteiger partial charge in [0.25, 0.3) is 0 Å². The zero-order valence-corrected chi connectivity index (χ0v) is 7.93. The molecule has 16 heavy (non-hydrogen) atoms. The van der Waals surface area contributed by atoms with Crippen LogP contribution in [0.5, 0.6) is 0 Å². The van der Waals surface area contributed by atoms with E-state index in [0.717, 1.165) is 0 Å². The number of carbonyl (C=O) groups excluding carboxylic acids is 2. The van der Waals surface area contributed by atoms with Crippen LogP contribution in [0, 0.1) is 0 Å². The van der Waals surface area contributed by atoms with Crippen molar-refractivity contribution in [2.75, 3.05) is 0 Å². The highest BCUT2D eigenvalue weighted by Crippen LogP contribution is 2.03. The van der Waals surface area contributed by atoms with Crippen LogP contribution in [-0.4, -0.2) is 27.6 Å². The number of hydrogen-bond donors (Lipinski definition) is 1. The molecule has 5 heteroatoms. The Hall–Kier alpha value is -2.61. The lowest BCUT2D eigenvalue weighted by atomic mass is 10.2. The number of carbonyl (C=O) groups is 1. The number of rotatable bonds is 0. The molecule has 1 aromatic heterocycles. The molecule has 0 fully saturated rings. The SMILES string of the molecule is O=C=c1c2ccccc2c(=C=O)n1C(=O)O. The number of nitrogens with zero attached hydrogens (tertiary/aromatic N) is 1. The van der Waals surface area contributed by atoms with Gasteiger partial charge in [-0.1, -0.05) is 24.3 Å². The summed E-state index contributed by atoms with van der Waals surface area (Å²) >= 11 is 0. The third kappa shape index (κ3) is 1.17. The quantitative estimate of drug-likeness (QED) is 0.622. The molecule has 0 amide bonds. The van der Waals surface area contributed by atoms with E-state index in [4.69, 9.17) is 5.11 Å². The molecular weight excluding hydrogens is 210 g/mol. The van der Waals surface area contributed by atoms with Crippen molar-refractivity contribution in [3.05, 3.63) is 35.0 Å². The number of carboxylic acid groups (broad SMARTS) is 1. The average molecular weight is 215 g/mol. The van der Waals surface area contributed by atoms with Crippen LogP contribution in [0.3, 0.4) is 0 Å². The predicted octanol–water partition coefficient (Wildman–Crippen LogP) is -0.826. The largest absolute Gasteiger partial charge is 0.464 e. The molecule has 0 spiro atoms. The van der Waals surface area contributed by atoms with Gasteiger partial charge in [0.2, 0.25) is 0 Å². The van der Waals surface area contributed by atoms with E-state index in [9.17, 15) is 14.4 Å². The Morgan fingerprint density at radius 1 is 1.06 bits per heavy atom. The molecule has 2 rings (SSSR count). The van der Waals surface area contributed by atoms with Crippen LogP contribution < -0.4 is 10.7 Å². The Balaban J connectivity index is 3.30. The molecule has 5 nitrogen and oxygen atoms in total. The summed E-state index contributed by atoms with van der Waals surface area (Å²) < 4.78 is 0.588. The first-order valence-electron chi connectivity index (χ1n) is 4.33. The summed E-state index contributed by atoms with van der Waals surface area (Å²) in [5.41, 5.74) is 0. The molecule has 0 unspecified atom stereocenters. The number of hydrogen-bond acceptors (Lipinski definition) is 3. The lowest BCUT2D eigenvalue weighted by molar-refractivity contribution is 0.195. The molecule has 0 saturated carbocycles. The van der Waals surface area contributed by atoms with Gasteiger partial charge in [-0.2, -0.15) is 0 Å². The van der Waals surface area contributed by atoms with Gasteiger partial charge < -0.3 is 5.11 Å². The first kappa shape index (κ1) is 9.93. The van der Waals surface area contributed by atoms with Gasteiger partial charge in [0, 0.05) is 10.8 Å². The van der Waals surface area contributed by atoms with Crippen LogP contribution >= 0.6 is 0 Å². The molecule has 0 aliphatic heterocycles. The first-order valence-corrected chi connectivity index (χ1v) is 4.33. The first-order chi connectivity index (χ1) is 7.70. The number of aromatic nitrogens is 1. The van der Waals surface area contributed by atoms with Crippen molar-refractivity contribution in [1.82, 2.24) is 4.57 Å². The summed E-state index contributed by atoms with van der Waals surface area (Å²) in [6, 6.07) is 6.39. The molecule has 1 heterocycles. The van der Waals surface area contributed by atoms with E-state index in [0.29, 0.717) is 15.3 Å². The van der Waals surface area contributed by atoms with Gasteiger partial charge in [0.15, 0.2) is 11.9 Å². The zero-order valence-electron chi connectivity index (χ0n) is 7.93. The van der Waals surface area contributed by atoms with Crippen LogP contribution in [0.25, 0.3) is 10.8 Å². The van der Waals surface area contributed by atoms with Gasteiger partial charge in [-0.05, 0) is 0 Å². The van der Waals surface area contributed by atoms with Gasteiger partial charge in [0.05, 0.1) is 0 Å². The summed E-state index contributed by atoms with van der Waals surface area (Å²) in [4.78, 5) is 32.4. The summed E-state index contributed by atoms with van der Waals surface area (Å²) in [7, 11) is 0. The van der Waals surface area contributed by atoms with Gasteiger partial charge >= 0.3 is 6.09 Å². The highest BCUT2D eigenvalue weighted by Gasteiger charge is 2.13.